The van der Waals surface area contributed by atoms with Crippen LogP contribution < -0.4 is 4.74 Å². The van der Waals surface area contributed by atoms with Crippen LogP contribution in [0.15, 0.2) is 48.8 Å². The second kappa shape index (κ2) is 6.15. The van der Waals surface area contributed by atoms with E-state index in [1.165, 1.54) is 6.07 Å². The minimum absolute atomic E-state index is 0.141. The zero-order valence-corrected chi connectivity index (χ0v) is 14.2. The van der Waals surface area contributed by atoms with Crippen molar-refractivity contribution in [3.63, 3.8) is 0 Å². The average molecular weight is 349 g/mol. The van der Waals surface area contributed by atoms with Crippen molar-refractivity contribution in [1.29, 1.82) is 0 Å². The number of aromatic hydroxyl groups is 1. The topological polar surface area (TPSA) is 71.0 Å². The van der Waals surface area contributed by atoms with Gasteiger partial charge in [0.05, 0.1) is 5.39 Å². The third-order valence-corrected chi connectivity index (χ3v) is 4.20. The van der Waals surface area contributed by atoms with E-state index in [1.54, 1.807) is 30.6 Å². The van der Waals surface area contributed by atoms with Crippen LogP contribution in [0.4, 0.5) is 4.39 Å². The number of phenols is 1. The van der Waals surface area contributed by atoms with Crippen molar-refractivity contribution in [3.05, 3.63) is 65.7 Å². The number of rotatable bonds is 3. The Morgan fingerprint density at radius 2 is 1.81 bits per heavy atom. The van der Waals surface area contributed by atoms with E-state index in [9.17, 15) is 9.50 Å². The number of hydrogen-bond donors (Lipinski definition) is 2. The van der Waals surface area contributed by atoms with Gasteiger partial charge < -0.3 is 14.8 Å². The lowest BCUT2D eigenvalue weighted by atomic mass is 10.1. The molecule has 0 aliphatic rings. The van der Waals surface area contributed by atoms with Crippen LogP contribution in [0.3, 0.4) is 0 Å². The van der Waals surface area contributed by atoms with Gasteiger partial charge in [-0.25, -0.2) is 14.4 Å². The summed E-state index contributed by atoms with van der Waals surface area (Å²) in [5.74, 6) is 0.963. The third-order valence-electron chi connectivity index (χ3n) is 4.20. The van der Waals surface area contributed by atoms with Crippen LogP contribution in [0, 0.1) is 19.7 Å². The zero-order valence-electron chi connectivity index (χ0n) is 14.2. The lowest BCUT2D eigenvalue weighted by Gasteiger charge is -2.07. The zero-order chi connectivity index (χ0) is 18.3. The van der Waals surface area contributed by atoms with Gasteiger partial charge in [-0.3, -0.25) is 0 Å². The fraction of sp³-hybridized carbons (Fsp3) is 0.100. The molecule has 0 aliphatic heterocycles. The second-order valence-electron chi connectivity index (χ2n) is 6.10. The Morgan fingerprint density at radius 1 is 1.08 bits per heavy atom. The van der Waals surface area contributed by atoms with E-state index in [0.717, 1.165) is 16.7 Å². The molecule has 2 N–H and O–H groups in total. The molecule has 2 aromatic heterocycles. The van der Waals surface area contributed by atoms with E-state index >= 15 is 0 Å². The average Bonchev–Trinajstić information content (AvgIpc) is 3.03. The number of nitrogens with zero attached hydrogens (tertiary/aromatic N) is 2. The number of H-pyrrole nitrogens is 1. The van der Waals surface area contributed by atoms with Gasteiger partial charge in [0.15, 0.2) is 23.1 Å². The Hall–Kier alpha value is -3.41. The van der Waals surface area contributed by atoms with Crippen LogP contribution in [-0.2, 0) is 0 Å². The summed E-state index contributed by atoms with van der Waals surface area (Å²) in [7, 11) is 0. The van der Waals surface area contributed by atoms with Crippen molar-refractivity contribution in [1.82, 2.24) is 15.0 Å². The number of hydrogen-bond acceptors (Lipinski definition) is 4. The number of fused-ring (bicyclic) bond motifs is 1. The maximum atomic E-state index is 13.8. The quantitative estimate of drug-likeness (QED) is 0.553. The number of halogens is 1. The highest BCUT2D eigenvalue weighted by molar-refractivity contribution is 5.84. The van der Waals surface area contributed by atoms with Gasteiger partial charge in [0.2, 0.25) is 0 Å². The van der Waals surface area contributed by atoms with Crippen molar-refractivity contribution in [3.8, 4) is 28.6 Å². The summed E-state index contributed by atoms with van der Waals surface area (Å²) in [6.45, 7) is 3.67. The first-order chi connectivity index (χ1) is 12.5. The molecule has 0 atom stereocenters. The summed E-state index contributed by atoms with van der Waals surface area (Å²) >= 11 is 0. The number of nitrogens with one attached hydrogen (secondary N) is 1. The molecule has 0 spiro atoms. The highest BCUT2D eigenvalue weighted by atomic mass is 19.1. The molecule has 0 saturated carbocycles. The van der Waals surface area contributed by atoms with Gasteiger partial charge in [0.25, 0.3) is 0 Å². The molecule has 0 bridgehead atoms. The van der Waals surface area contributed by atoms with Crippen molar-refractivity contribution in [2.75, 3.05) is 0 Å². The summed E-state index contributed by atoms with van der Waals surface area (Å²) in [5, 5.41) is 10.6. The molecule has 0 unspecified atom stereocenters. The Bertz CT molecular complexity index is 1100. The molecule has 4 rings (SSSR count). The molecular weight excluding hydrogens is 333 g/mol. The van der Waals surface area contributed by atoms with Gasteiger partial charge in [-0.2, -0.15) is 0 Å². The number of aryl methyl sites for hydroxylation is 2. The van der Waals surface area contributed by atoms with Crippen molar-refractivity contribution < 1.29 is 14.2 Å². The summed E-state index contributed by atoms with van der Waals surface area (Å²) in [6, 6.07) is 9.89. The van der Waals surface area contributed by atoms with Crippen LogP contribution in [0.25, 0.3) is 22.4 Å². The standard InChI is InChI=1S/C20H16FN3O2/c1-11-7-13(8-12(2)18(11)25)19-22-9-14-17(10-23-20(14)24-19)26-16-6-4-3-5-15(16)21/h3-10,25H,1-2H3,(H,22,23,24). The van der Waals surface area contributed by atoms with E-state index in [1.807, 2.05) is 26.0 Å². The molecule has 130 valence electrons. The van der Waals surface area contributed by atoms with Crippen molar-refractivity contribution in [2.24, 2.45) is 0 Å². The van der Waals surface area contributed by atoms with Crippen LogP contribution in [0.1, 0.15) is 11.1 Å². The van der Waals surface area contributed by atoms with Gasteiger partial charge >= 0.3 is 0 Å². The number of aromatic nitrogens is 3. The van der Waals surface area contributed by atoms with Gasteiger partial charge in [0.1, 0.15) is 11.4 Å². The van der Waals surface area contributed by atoms with E-state index in [-0.39, 0.29) is 11.5 Å². The van der Waals surface area contributed by atoms with Gasteiger partial charge in [-0.1, -0.05) is 12.1 Å². The Kier molecular flexibility index (Phi) is 3.80. The predicted molar refractivity (Wildman–Crippen MR) is 96.9 cm³/mol. The predicted octanol–water partition coefficient (Wildman–Crippen LogP) is 4.88. The Labute approximate surface area is 149 Å². The number of ether oxygens (including phenoxy) is 1. The van der Waals surface area contributed by atoms with Crippen molar-refractivity contribution in [2.45, 2.75) is 13.8 Å². The number of para-hydroxylation sites is 1. The van der Waals surface area contributed by atoms with Gasteiger partial charge in [-0.05, 0) is 49.2 Å². The van der Waals surface area contributed by atoms with E-state index in [4.69, 9.17) is 4.74 Å². The Balaban J connectivity index is 1.73. The molecule has 0 fully saturated rings. The first-order valence-corrected chi connectivity index (χ1v) is 8.10. The Morgan fingerprint density at radius 3 is 2.54 bits per heavy atom. The lowest BCUT2D eigenvalue weighted by Crippen LogP contribution is -1.92. The molecule has 0 aliphatic carbocycles. The van der Waals surface area contributed by atoms with Crippen LogP contribution in [0.2, 0.25) is 0 Å². The molecule has 2 heterocycles. The number of benzene rings is 2. The number of aromatic amines is 1. The van der Waals surface area contributed by atoms with Crippen LogP contribution >= 0.6 is 0 Å². The third kappa shape index (κ3) is 2.75. The molecule has 26 heavy (non-hydrogen) atoms. The summed E-state index contributed by atoms with van der Waals surface area (Å²) in [6.07, 6.45) is 3.27. The maximum Gasteiger partial charge on any atom is 0.165 e. The minimum atomic E-state index is -0.436. The molecule has 0 amide bonds. The molecule has 0 saturated heterocycles. The van der Waals surface area contributed by atoms with E-state index in [0.29, 0.717) is 22.6 Å². The van der Waals surface area contributed by atoms with Crippen LogP contribution in [-0.4, -0.2) is 20.1 Å². The molecule has 2 aromatic carbocycles. The fourth-order valence-electron chi connectivity index (χ4n) is 2.84. The molecular formula is C20H16FN3O2. The monoisotopic (exact) mass is 349 g/mol. The minimum Gasteiger partial charge on any atom is -0.507 e. The normalized spacial score (nSPS) is 11.0. The first-order valence-electron chi connectivity index (χ1n) is 8.10. The SMILES string of the molecule is Cc1cc(-c2ncc3c(Oc4ccccc4F)c[nH]c3n2)cc(C)c1O. The summed E-state index contributed by atoms with van der Waals surface area (Å²) in [5.41, 5.74) is 2.92. The van der Waals surface area contributed by atoms with Gasteiger partial charge in [0, 0.05) is 18.0 Å². The highest BCUT2D eigenvalue weighted by Crippen LogP contribution is 2.32. The summed E-state index contributed by atoms with van der Waals surface area (Å²) in [4.78, 5) is 12.0. The maximum absolute atomic E-state index is 13.8. The lowest BCUT2D eigenvalue weighted by molar-refractivity contribution is 0.446. The molecule has 4 aromatic rings. The first kappa shape index (κ1) is 16.1. The van der Waals surface area contributed by atoms with E-state index in [2.05, 4.69) is 15.0 Å². The highest BCUT2D eigenvalue weighted by Gasteiger charge is 2.13. The molecule has 0 radical (unpaired) electrons. The molecule has 6 heteroatoms. The molecule has 5 nitrogen and oxygen atoms in total. The second-order valence-corrected chi connectivity index (χ2v) is 6.10. The summed E-state index contributed by atoms with van der Waals surface area (Å²) < 4.78 is 19.4. The van der Waals surface area contributed by atoms with E-state index < -0.39 is 5.82 Å². The van der Waals surface area contributed by atoms with Gasteiger partial charge in [-0.15, -0.1) is 0 Å². The van der Waals surface area contributed by atoms with Crippen LogP contribution in [0.5, 0.6) is 17.2 Å². The number of phenolic OH excluding ortho intramolecular Hbond substituents is 1. The smallest absolute Gasteiger partial charge is 0.165 e. The fourth-order valence-corrected chi connectivity index (χ4v) is 2.84. The largest absolute Gasteiger partial charge is 0.507 e. The van der Waals surface area contributed by atoms with Crippen molar-refractivity contribution >= 4 is 11.0 Å².